The summed E-state index contributed by atoms with van der Waals surface area (Å²) in [6.07, 6.45) is -1.31. The number of nitrogens with two attached hydrogens (primary N) is 2. The van der Waals surface area contributed by atoms with Crippen LogP contribution < -0.4 is 16.8 Å². The highest BCUT2D eigenvalue weighted by molar-refractivity contribution is 6.42. The van der Waals surface area contributed by atoms with Gasteiger partial charge in [0.2, 0.25) is 0 Å². The van der Waals surface area contributed by atoms with Crippen molar-refractivity contribution in [2.75, 3.05) is 0 Å². The van der Waals surface area contributed by atoms with E-state index in [0.29, 0.717) is 6.08 Å². The molecule has 0 saturated heterocycles. The molecule has 1 aromatic rings. The van der Waals surface area contributed by atoms with Crippen molar-refractivity contribution in [3.8, 4) is 0 Å². The highest BCUT2D eigenvalue weighted by Crippen LogP contribution is 2.50. The predicted octanol–water partition coefficient (Wildman–Crippen LogP) is 1.56. The summed E-state index contributed by atoms with van der Waals surface area (Å²) in [5.74, 6) is -0.819. The number of hydrogen-bond acceptors (Lipinski definition) is 4. The lowest BCUT2D eigenvalue weighted by Gasteiger charge is -2.26. The minimum Gasteiger partial charge on any atom is -0.397 e. The number of carbonyl (C=O) groups excluding carboxylic acids is 1. The number of halogens is 2. The number of nitrogens with one attached hydrogen (secondary N) is 2. The van der Waals surface area contributed by atoms with E-state index >= 15 is 0 Å². The van der Waals surface area contributed by atoms with Crippen LogP contribution in [0.5, 0.6) is 0 Å². The van der Waals surface area contributed by atoms with E-state index in [9.17, 15) is 13.6 Å². The zero-order chi connectivity index (χ0) is 17.2. The molecule has 1 aliphatic carbocycles. The lowest BCUT2D eigenvalue weighted by molar-refractivity contribution is -0.115. The normalized spacial score (nSPS) is 17.7. The van der Waals surface area contributed by atoms with Crippen LogP contribution in [0.1, 0.15) is 24.0 Å². The zero-order valence-corrected chi connectivity index (χ0v) is 12.8. The number of carbonyl (C=O) groups is 1. The van der Waals surface area contributed by atoms with Gasteiger partial charge in [-0.1, -0.05) is 24.3 Å². The molecule has 124 valence electrons. The molecule has 23 heavy (non-hydrogen) atoms. The Morgan fingerprint density at radius 2 is 2.00 bits per heavy atom. The Morgan fingerprint density at radius 1 is 1.39 bits per heavy atom. The van der Waals surface area contributed by atoms with Crippen molar-refractivity contribution >= 4 is 11.6 Å². The summed E-state index contributed by atoms with van der Waals surface area (Å²) in [5.41, 5.74) is 11.5. The van der Waals surface area contributed by atoms with Crippen LogP contribution in [-0.2, 0) is 10.2 Å². The molecule has 1 unspecified atom stereocenters. The molecule has 1 aromatic carbocycles. The van der Waals surface area contributed by atoms with Crippen molar-refractivity contribution in [3.63, 3.8) is 0 Å². The number of hydrogen-bond donors (Lipinski definition) is 4. The van der Waals surface area contributed by atoms with E-state index < -0.39 is 29.9 Å². The second kappa shape index (κ2) is 6.45. The maximum atomic E-state index is 12.3. The van der Waals surface area contributed by atoms with Gasteiger partial charge in [-0.05, 0) is 37.0 Å². The molecule has 0 heterocycles. The van der Waals surface area contributed by atoms with E-state index in [1.807, 2.05) is 31.2 Å². The quantitative estimate of drug-likeness (QED) is 0.472. The van der Waals surface area contributed by atoms with Crippen LogP contribution in [0.15, 0.2) is 36.0 Å². The molecule has 1 aliphatic rings. The first-order valence-corrected chi connectivity index (χ1v) is 7.24. The number of aryl methyl sites for hydroxylation is 1. The number of allylic oxidation sites excluding steroid dienone is 1. The first-order valence-electron chi connectivity index (χ1n) is 7.24. The third kappa shape index (κ3) is 3.56. The molecule has 1 amide bonds. The minimum atomic E-state index is -2.90. The van der Waals surface area contributed by atoms with Crippen LogP contribution in [0.3, 0.4) is 0 Å². The van der Waals surface area contributed by atoms with Crippen molar-refractivity contribution < 1.29 is 13.6 Å². The van der Waals surface area contributed by atoms with E-state index in [1.165, 1.54) is 0 Å². The maximum Gasteiger partial charge on any atom is 0.277 e. The third-order valence-electron chi connectivity index (χ3n) is 4.16. The van der Waals surface area contributed by atoms with E-state index in [1.54, 1.807) is 0 Å². The molecule has 1 atom stereocenters. The molecule has 2 rings (SSSR count). The molecule has 7 heteroatoms. The van der Waals surface area contributed by atoms with Crippen molar-refractivity contribution in [1.29, 1.82) is 5.41 Å². The van der Waals surface area contributed by atoms with Gasteiger partial charge in [0.25, 0.3) is 12.3 Å². The monoisotopic (exact) mass is 322 g/mol. The molecule has 0 aliphatic heterocycles. The van der Waals surface area contributed by atoms with Gasteiger partial charge in [-0.3, -0.25) is 10.2 Å². The maximum absolute atomic E-state index is 12.3. The summed E-state index contributed by atoms with van der Waals surface area (Å²) < 4.78 is 24.7. The fraction of sp³-hybridized carbons (Fsp3) is 0.375. The Morgan fingerprint density at radius 3 is 2.52 bits per heavy atom. The van der Waals surface area contributed by atoms with Crippen LogP contribution in [0.25, 0.3) is 0 Å². The first kappa shape index (κ1) is 17.1. The van der Waals surface area contributed by atoms with E-state index in [-0.39, 0.29) is 5.41 Å². The summed E-state index contributed by atoms with van der Waals surface area (Å²) >= 11 is 0. The molecular weight excluding hydrogens is 302 g/mol. The van der Waals surface area contributed by atoms with Crippen molar-refractivity contribution in [1.82, 2.24) is 5.32 Å². The average Bonchev–Trinajstić information content (AvgIpc) is 3.29. The SMILES string of the molecule is Cc1ccccc1C1(C(N)NC(=O)C(=N)/C=C(\N)C(F)F)CC1. The van der Waals surface area contributed by atoms with Crippen molar-refractivity contribution in [2.24, 2.45) is 11.5 Å². The molecule has 0 aromatic heterocycles. The molecular formula is C16H20F2N4O. The molecule has 0 radical (unpaired) electrons. The van der Waals surface area contributed by atoms with Crippen LogP contribution in [0.2, 0.25) is 0 Å². The Kier molecular flexibility index (Phi) is 4.79. The molecule has 5 nitrogen and oxygen atoms in total. The average molecular weight is 322 g/mol. The highest BCUT2D eigenvalue weighted by atomic mass is 19.3. The van der Waals surface area contributed by atoms with E-state index in [4.69, 9.17) is 16.9 Å². The first-order chi connectivity index (χ1) is 10.8. The van der Waals surface area contributed by atoms with Gasteiger partial charge in [-0.2, -0.15) is 0 Å². The van der Waals surface area contributed by atoms with Gasteiger partial charge < -0.3 is 16.8 Å². The number of amides is 1. The molecule has 0 spiro atoms. The van der Waals surface area contributed by atoms with Gasteiger partial charge in [0, 0.05) is 5.41 Å². The van der Waals surface area contributed by atoms with Gasteiger partial charge in [-0.25, -0.2) is 8.78 Å². The molecule has 1 fully saturated rings. The zero-order valence-electron chi connectivity index (χ0n) is 12.8. The minimum absolute atomic E-state index is 0.362. The lowest BCUT2D eigenvalue weighted by atomic mass is 9.89. The second-order valence-electron chi connectivity index (χ2n) is 5.78. The fourth-order valence-corrected chi connectivity index (χ4v) is 2.67. The number of alkyl halides is 2. The van der Waals surface area contributed by atoms with Crippen LogP contribution >= 0.6 is 0 Å². The third-order valence-corrected chi connectivity index (χ3v) is 4.16. The number of rotatable bonds is 6. The smallest absolute Gasteiger partial charge is 0.277 e. The van der Waals surface area contributed by atoms with Gasteiger partial charge in [0.1, 0.15) is 5.71 Å². The van der Waals surface area contributed by atoms with Crippen molar-refractivity contribution in [3.05, 3.63) is 47.2 Å². The fourth-order valence-electron chi connectivity index (χ4n) is 2.67. The summed E-state index contributed by atoms with van der Waals surface area (Å²) in [6.45, 7) is 1.97. The topological polar surface area (TPSA) is 105 Å². The van der Waals surface area contributed by atoms with E-state index in [2.05, 4.69) is 5.32 Å². The second-order valence-corrected chi connectivity index (χ2v) is 5.78. The van der Waals surface area contributed by atoms with Gasteiger partial charge in [-0.15, -0.1) is 0 Å². The van der Waals surface area contributed by atoms with Crippen LogP contribution in [0, 0.1) is 12.3 Å². The van der Waals surface area contributed by atoms with Gasteiger partial charge >= 0.3 is 0 Å². The molecule has 1 saturated carbocycles. The molecule has 0 bridgehead atoms. The summed E-state index contributed by atoms with van der Waals surface area (Å²) in [6, 6.07) is 7.77. The van der Waals surface area contributed by atoms with Crippen LogP contribution in [0.4, 0.5) is 8.78 Å². The van der Waals surface area contributed by atoms with Crippen molar-refractivity contribution in [2.45, 2.75) is 37.8 Å². The molecule has 6 N–H and O–H groups in total. The van der Waals surface area contributed by atoms with Crippen LogP contribution in [-0.4, -0.2) is 24.2 Å². The summed E-state index contributed by atoms with van der Waals surface area (Å²) in [7, 11) is 0. The van der Waals surface area contributed by atoms with Gasteiger partial charge in [0.05, 0.1) is 11.9 Å². The Labute approximate surface area is 133 Å². The standard InChI is InChI=1S/C16H20F2N4O/c1-9-4-2-3-5-10(9)16(6-7-16)15(21)22-14(23)12(20)8-11(19)13(17)18/h2-5,8,13,15,20H,6-7,19,21H2,1H3,(H,22,23)/b11-8-,20-12?. The highest BCUT2D eigenvalue weighted by Gasteiger charge is 2.50. The Hall–Kier alpha value is -2.28. The number of benzene rings is 1. The Balaban J connectivity index is 2.09. The largest absolute Gasteiger partial charge is 0.397 e. The lowest BCUT2D eigenvalue weighted by Crippen LogP contribution is -2.51. The summed E-state index contributed by atoms with van der Waals surface area (Å²) in [4.78, 5) is 11.9. The van der Waals surface area contributed by atoms with E-state index in [0.717, 1.165) is 24.0 Å². The predicted molar refractivity (Wildman–Crippen MR) is 84.2 cm³/mol. The summed E-state index contributed by atoms with van der Waals surface area (Å²) in [5, 5.41) is 10.0. The Bertz CT molecular complexity index is 653. The van der Waals surface area contributed by atoms with Gasteiger partial charge in [0.15, 0.2) is 0 Å².